The number of benzene rings is 1. The summed E-state index contributed by atoms with van der Waals surface area (Å²) in [6.07, 6.45) is 0.220. The molecule has 0 spiro atoms. The molecule has 0 aliphatic rings. The van der Waals surface area contributed by atoms with Crippen molar-refractivity contribution in [2.75, 3.05) is 5.32 Å². The van der Waals surface area contributed by atoms with Crippen LogP contribution in [0.15, 0.2) is 29.6 Å². The van der Waals surface area contributed by atoms with E-state index >= 15 is 0 Å². The topological polar surface area (TPSA) is 98.5 Å². The molecule has 1 aromatic carbocycles. The molecule has 0 fully saturated rings. The van der Waals surface area contributed by atoms with Gasteiger partial charge in [0.2, 0.25) is 5.91 Å². The molecule has 2 aromatic rings. The van der Waals surface area contributed by atoms with E-state index in [1.807, 2.05) is 0 Å². The number of amides is 1. The number of carbonyl (C=O) groups excluding carboxylic acids is 2. The molecule has 0 aliphatic carbocycles. The van der Waals surface area contributed by atoms with E-state index in [4.69, 9.17) is 16.3 Å². The molecule has 1 aromatic heterocycles. The highest BCUT2D eigenvalue weighted by Gasteiger charge is 2.22. The Morgan fingerprint density at radius 1 is 1.30 bits per heavy atom. The van der Waals surface area contributed by atoms with Crippen LogP contribution in [-0.4, -0.2) is 22.4 Å². The maximum Gasteiger partial charge on any atom is 0.338 e. The molecule has 0 unspecified atom stereocenters. The number of anilines is 1. The van der Waals surface area contributed by atoms with Gasteiger partial charge in [-0.15, -0.1) is 11.3 Å². The van der Waals surface area contributed by atoms with Gasteiger partial charge >= 0.3 is 5.97 Å². The second-order valence-electron chi connectivity index (χ2n) is 6.78. The fourth-order valence-corrected chi connectivity index (χ4v) is 3.22. The number of hydrogen-bond acceptors (Lipinski definition) is 6. The number of nitrogens with zero attached hydrogens (tertiary/aromatic N) is 1. The highest BCUT2D eigenvalue weighted by atomic mass is 35.5. The zero-order chi connectivity index (χ0) is 20.2. The van der Waals surface area contributed by atoms with Crippen LogP contribution in [0.25, 0.3) is 0 Å². The Morgan fingerprint density at radius 2 is 2.00 bits per heavy atom. The second-order valence-corrected chi connectivity index (χ2v) is 8.13. The average Bonchev–Trinajstić information content (AvgIpc) is 2.96. The third-order valence-electron chi connectivity index (χ3n) is 3.37. The van der Waals surface area contributed by atoms with Crippen molar-refractivity contribution < 1.29 is 19.2 Å². The number of nitro benzene ring substituents is 1. The standard InChI is InChI=1S/C18H19ClN2O5S/c1-18(2,3)26-17(23)12-5-4-11(14(8-12)21(24)25)6-7-15(22)20-16-9-13(19)10-27-16/h4-5,8-10H,6-7H2,1-3H3,(H,20,22). The maximum absolute atomic E-state index is 12.1. The van der Waals surface area contributed by atoms with Crippen LogP contribution in [0.2, 0.25) is 5.02 Å². The predicted octanol–water partition coefficient (Wildman–Crippen LogP) is 4.84. The molecule has 2 rings (SSSR count). The van der Waals surface area contributed by atoms with E-state index in [-0.39, 0.29) is 30.0 Å². The van der Waals surface area contributed by atoms with Crippen molar-refractivity contribution in [2.45, 2.75) is 39.2 Å². The number of aryl methyl sites for hydroxylation is 1. The van der Waals surface area contributed by atoms with E-state index in [0.29, 0.717) is 15.6 Å². The van der Waals surface area contributed by atoms with Crippen LogP contribution in [0, 0.1) is 10.1 Å². The van der Waals surface area contributed by atoms with Crippen LogP contribution in [-0.2, 0) is 16.0 Å². The van der Waals surface area contributed by atoms with Crippen LogP contribution in [0.4, 0.5) is 10.7 Å². The Morgan fingerprint density at radius 3 is 2.56 bits per heavy atom. The third kappa shape index (κ3) is 6.33. The molecule has 0 bridgehead atoms. The summed E-state index contributed by atoms with van der Waals surface area (Å²) in [6, 6.07) is 5.75. The molecule has 9 heteroatoms. The number of nitro groups is 1. The molecule has 7 nitrogen and oxygen atoms in total. The Bertz CT molecular complexity index is 873. The largest absolute Gasteiger partial charge is 0.456 e. The molecule has 144 valence electrons. The van der Waals surface area contributed by atoms with Crippen LogP contribution < -0.4 is 5.32 Å². The number of rotatable bonds is 6. The van der Waals surface area contributed by atoms with Gasteiger partial charge in [0.15, 0.2) is 0 Å². The lowest BCUT2D eigenvalue weighted by Gasteiger charge is -2.19. The van der Waals surface area contributed by atoms with Gasteiger partial charge in [-0.1, -0.05) is 17.7 Å². The minimum absolute atomic E-state index is 0.0577. The van der Waals surface area contributed by atoms with E-state index in [0.717, 1.165) is 0 Å². The van der Waals surface area contributed by atoms with Crippen molar-refractivity contribution >= 4 is 45.5 Å². The van der Waals surface area contributed by atoms with Crippen LogP contribution in [0.3, 0.4) is 0 Å². The van der Waals surface area contributed by atoms with Crippen molar-refractivity contribution in [3.05, 3.63) is 55.9 Å². The average molecular weight is 411 g/mol. The van der Waals surface area contributed by atoms with Crippen LogP contribution in [0.1, 0.15) is 43.1 Å². The van der Waals surface area contributed by atoms with Gasteiger partial charge in [0.25, 0.3) is 5.69 Å². The molecular weight excluding hydrogens is 392 g/mol. The van der Waals surface area contributed by atoms with Crippen molar-refractivity contribution in [2.24, 2.45) is 0 Å². The lowest BCUT2D eigenvalue weighted by molar-refractivity contribution is -0.385. The fourth-order valence-electron chi connectivity index (χ4n) is 2.24. The summed E-state index contributed by atoms with van der Waals surface area (Å²) in [5, 5.41) is 16.9. The first-order valence-electron chi connectivity index (χ1n) is 8.10. The van der Waals surface area contributed by atoms with Crippen molar-refractivity contribution in [1.82, 2.24) is 0 Å². The molecule has 0 atom stereocenters. The molecule has 1 heterocycles. The summed E-state index contributed by atoms with van der Waals surface area (Å²) in [4.78, 5) is 34.9. The SMILES string of the molecule is CC(C)(C)OC(=O)c1ccc(CCC(=O)Nc2cc(Cl)cs2)c([N+](=O)[O-])c1. The number of esters is 1. The van der Waals surface area contributed by atoms with Gasteiger partial charge < -0.3 is 10.1 Å². The van der Waals surface area contributed by atoms with Gasteiger partial charge in [-0.25, -0.2) is 4.79 Å². The normalized spacial score (nSPS) is 11.1. The summed E-state index contributed by atoms with van der Waals surface area (Å²) < 4.78 is 5.23. The maximum atomic E-state index is 12.1. The quantitative estimate of drug-likeness (QED) is 0.417. The zero-order valence-electron chi connectivity index (χ0n) is 15.1. The van der Waals surface area contributed by atoms with Crippen LogP contribution >= 0.6 is 22.9 Å². The first-order chi connectivity index (χ1) is 12.5. The van der Waals surface area contributed by atoms with Gasteiger partial charge in [0, 0.05) is 23.4 Å². The van der Waals surface area contributed by atoms with E-state index in [1.54, 1.807) is 32.2 Å². The summed E-state index contributed by atoms with van der Waals surface area (Å²) in [7, 11) is 0. The summed E-state index contributed by atoms with van der Waals surface area (Å²) in [6.45, 7) is 5.15. The Balaban J connectivity index is 2.08. The van der Waals surface area contributed by atoms with Crippen molar-refractivity contribution in [1.29, 1.82) is 0 Å². The minimum atomic E-state index is -0.701. The van der Waals surface area contributed by atoms with E-state index in [1.165, 1.54) is 29.5 Å². The number of thiophene rings is 1. The third-order valence-corrected chi connectivity index (χ3v) is 4.56. The minimum Gasteiger partial charge on any atom is -0.456 e. The molecule has 0 saturated carbocycles. The number of hydrogen-bond donors (Lipinski definition) is 1. The zero-order valence-corrected chi connectivity index (χ0v) is 16.6. The predicted molar refractivity (Wildman–Crippen MR) is 105 cm³/mol. The molecule has 0 aliphatic heterocycles. The smallest absolute Gasteiger partial charge is 0.338 e. The molecule has 1 N–H and O–H groups in total. The molecule has 0 saturated heterocycles. The fraction of sp³-hybridized carbons (Fsp3) is 0.333. The Labute approximate surface area is 165 Å². The lowest BCUT2D eigenvalue weighted by Crippen LogP contribution is -2.24. The number of nitrogens with one attached hydrogen (secondary N) is 1. The van der Waals surface area contributed by atoms with Crippen LogP contribution in [0.5, 0.6) is 0 Å². The van der Waals surface area contributed by atoms with Crippen molar-refractivity contribution in [3.63, 3.8) is 0 Å². The lowest BCUT2D eigenvalue weighted by atomic mass is 10.0. The van der Waals surface area contributed by atoms with Gasteiger partial charge in [-0.3, -0.25) is 14.9 Å². The number of carbonyl (C=O) groups is 2. The van der Waals surface area contributed by atoms with E-state index in [2.05, 4.69) is 5.32 Å². The van der Waals surface area contributed by atoms with E-state index in [9.17, 15) is 19.7 Å². The monoisotopic (exact) mass is 410 g/mol. The van der Waals surface area contributed by atoms with E-state index < -0.39 is 16.5 Å². The first kappa shape index (κ1) is 20.9. The van der Waals surface area contributed by atoms with Gasteiger partial charge in [-0.2, -0.15) is 0 Å². The molecular formula is C18H19ClN2O5S. The van der Waals surface area contributed by atoms with Gasteiger partial charge in [0.05, 0.1) is 20.5 Å². The molecule has 27 heavy (non-hydrogen) atoms. The van der Waals surface area contributed by atoms with Crippen molar-refractivity contribution in [3.8, 4) is 0 Å². The number of ether oxygens (including phenoxy) is 1. The summed E-state index contributed by atoms with van der Waals surface area (Å²) in [5.74, 6) is -0.913. The Hall–Kier alpha value is -2.45. The first-order valence-corrected chi connectivity index (χ1v) is 9.35. The Kier molecular flexibility index (Phi) is 6.56. The summed E-state index contributed by atoms with van der Waals surface area (Å²) >= 11 is 7.09. The summed E-state index contributed by atoms with van der Waals surface area (Å²) in [5.41, 5.74) is -0.456. The number of halogens is 1. The van der Waals surface area contributed by atoms with Gasteiger partial charge in [-0.05, 0) is 39.3 Å². The molecule has 1 amide bonds. The molecule has 0 radical (unpaired) electrons. The van der Waals surface area contributed by atoms with Gasteiger partial charge in [0.1, 0.15) is 5.60 Å². The second kappa shape index (κ2) is 8.49. The highest BCUT2D eigenvalue weighted by molar-refractivity contribution is 7.14. The highest BCUT2D eigenvalue weighted by Crippen LogP contribution is 2.26.